The van der Waals surface area contributed by atoms with Crippen LogP contribution in [0.25, 0.3) is 0 Å². The number of likely N-dealkylation sites (tertiary alicyclic amines) is 1. The number of fused-ring (bicyclic) bond motifs is 1. The number of carbonyl (C=O) groups is 3. The van der Waals surface area contributed by atoms with Gasteiger partial charge in [0.2, 0.25) is 11.8 Å². The number of hydrogen-bond acceptors (Lipinski definition) is 6. The van der Waals surface area contributed by atoms with Crippen LogP contribution in [0.3, 0.4) is 0 Å². The van der Waals surface area contributed by atoms with E-state index in [2.05, 4.69) is 5.16 Å². The van der Waals surface area contributed by atoms with E-state index in [0.717, 1.165) is 18.6 Å². The molecule has 3 fully saturated rings. The monoisotopic (exact) mass is 362 g/mol. The van der Waals surface area contributed by atoms with Crippen LogP contribution < -0.4 is 0 Å². The number of hydrogen-bond donors (Lipinski definition) is 0. The lowest BCUT2D eigenvalue weighted by Gasteiger charge is -2.36. The molecule has 4 rings (SSSR count). The second-order valence-corrected chi connectivity index (χ2v) is 7.33. The largest absolute Gasteiger partial charge is 0.364 e. The van der Waals surface area contributed by atoms with Crippen LogP contribution in [0, 0.1) is 0 Å². The van der Waals surface area contributed by atoms with Crippen LogP contribution >= 0.6 is 0 Å². The van der Waals surface area contributed by atoms with Crippen molar-refractivity contribution in [3.05, 3.63) is 17.5 Å². The highest BCUT2D eigenvalue weighted by Crippen LogP contribution is 2.40. The van der Waals surface area contributed by atoms with Crippen molar-refractivity contribution in [3.63, 3.8) is 0 Å². The number of carbonyl (C=O) groups excluding carboxylic acids is 3. The molecule has 2 saturated heterocycles. The molecule has 3 amide bonds. The fourth-order valence-electron chi connectivity index (χ4n) is 3.44. The Kier molecular flexibility index (Phi) is 4.18. The highest BCUT2D eigenvalue weighted by Gasteiger charge is 2.45. The fraction of sp³-hybridized carbons (Fsp3) is 0.647. The van der Waals surface area contributed by atoms with Gasteiger partial charge in [-0.05, 0) is 12.8 Å². The molecule has 1 aromatic heterocycles. The number of amides is 3. The SMILES string of the molecule is CN(C)C(=O)CN1C(=O)CO[C@@H]2CN(C(=O)c3cc(C4CC4)on3)C[C@H]21. The summed E-state index contributed by atoms with van der Waals surface area (Å²) in [6.07, 6.45) is 1.85. The smallest absolute Gasteiger partial charge is 0.276 e. The molecule has 0 bridgehead atoms. The van der Waals surface area contributed by atoms with Crippen molar-refractivity contribution >= 4 is 17.7 Å². The highest BCUT2D eigenvalue weighted by atomic mass is 16.5. The van der Waals surface area contributed by atoms with Gasteiger partial charge in [0.05, 0.1) is 12.1 Å². The Morgan fingerprint density at radius 3 is 2.77 bits per heavy atom. The minimum absolute atomic E-state index is 0.00577. The molecule has 26 heavy (non-hydrogen) atoms. The Labute approximate surface area is 150 Å². The zero-order valence-electron chi connectivity index (χ0n) is 14.9. The molecular formula is C17H22N4O5. The van der Waals surface area contributed by atoms with E-state index in [1.165, 1.54) is 9.80 Å². The molecule has 1 aliphatic carbocycles. The molecule has 0 N–H and O–H groups in total. The van der Waals surface area contributed by atoms with Crippen LogP contribution in [0.5, 0.6) is 0 Å². The lowest BCUT2D eigenvalue weighted by atomic mass is 10.1. The van der Waals surface area contributed by atoms with Crippen molar-refractivity contribution < 1.29 is 23.6 Å². The number of aromatic nitrogens is 1. The summed E-state index contributed by atoms with van der Waals surface area (Å²) in [4.78, 5) is 41.6. The van der Waals surface area contributed by atoms with Gasteiger partial charge in [0.1, 0.15) is 18.9 Å². The summed E-state index contributed by atoms with van der Waals surface area (Å²) in [5.41, 5.74) is 0.285. The van der Waals surface area contributed by atoms with E-state index >= 15 is 0 Å². The number of ether oxygens (including phenoxy) is 1. The summed E-state index contributed by atoms with van der Waals surface area (Å²) >= 11 is 0. The van der Waals surface area contributed by atoms with Crippen molar-refractivity contribution in [1.82, 2.24) is 19.9 Å². The minimum Gasteiger partial charge on any atom is -0.364 e. The van der Waals surface area contributed by atoms with E-state index in [1.54, 1.807) is 25.1 Å². The molecule has 9 nitrogen and oxygen atoms in total. The molecule has 0 spiro atoms. The van der Waals surface area contributed by atoms with Gasteiger partial charge in [-0.1, -0.05) is 5.16 Å². The predicted octanol–water partition coefficient (Wildman–Crippen LogP) is -0.308. The van der Waals surface area contributed by atoms with Crippen LogP contribution in [0.1, 0.15) is 35.0 Å². The first-order valence-corrected chi connectivity index (χ1v) is 8.81. The Morgan fingerprint density at radius 1 is 1.31 bits per heavy atom. The standard InChI is InChI=1S/C17H22N4O5/c1-19(2)15(22)8-21-12-6-20(7-14(12)25-9-16(21)23)17(24)11-5-13(26-18-11)10-3-4-10/h5,10,12,14H,3-4,6-9H2,1-2H3/t12-,14-/m1/s1. The molecule has 1 aromatic rings. The Hall–Kier alpha value is -2.42. The second-order valence-electron chi connectivity index (χ2n) is 7.33. The van der Waals surface area contributed by atoms with E-state index < -0.39 is 0 Å². The highest BCUT2D eigenvalue weighted by molar-refractivity contribution is 5.93. The average molecular weight is 362 g/mol. The first-order valence-electron chi connectivity index (χ1n) is 8.81. The van der Waals surface area contributed by atoms with Crippen molar-refractivity contribution in [2.24, 2.45) is 0 Å². The second kappa shape index (κ2) is 6.39. The normalized spacial score (nSPS) is 25.4. The number of rotatable bonds is 4. The van der Waals surface area contributed by atoms with Crippen molar-refractivity contribution in [1.29, 1.82) is 0 Å². The summed E-state index contributed by atoms with van der Waals surface area (Å²) < 4.78 is 10.9. The molecule has 0 radical (unpaired) electrons. The molecule has 0 aromatic carbocycles. The van der Waals surface area contributed by atoms with E-state index in [-0.39, 0.29) is 48.7 Å². The fourth-order valence-corrected chi connectivity index (χ4v) is 3.44. The van der Waals surface area contributed by atoms with Crippen molar-refractivity contribution in [2.75, 3.05) is 40.3 Å². The predicted molar refractivity (Wildman–Crippen MR) is 88.3 cm³/mol. The lowest BCUT2D eigenvalue weighted by Crippen LogP contribution is -2.56. The maximum Gasteiger partial charge on any atom is 0.276 e. The van der Waals surface area contributed by atoms with Crippen LogP contribution in [0.4, 0.5) is 0 Å². The van der Waals surface area contributed by atoms with Crippen LogP contribution in [-0.2, 0) is 14.3 Å². The van der Waals surface area contributed by atoms with Gasteiger partial charge in [-0.15, -0.1) is 0 Å². The molecule has 3 aliphatic rings. The molecule has 9 heteroatoms. The third-order valence-electron chi connectivity index (χ3n) is 5.20. The first kappa shape index (κ1) is 17.0. The van der Waals surface area contributed by atoms with Gasteiger partial charge in [-0.2, -0.15) is 0 Å². The summed E-state index contributed by atoms with van der Waals surface area (Å²) in [5.74, 6) is 0.529. The summed E-state index contributed by atoms with van der Waals surface area (Å²) in [5, 5.41) is 3.90. The minimum atomic E-state index is -0.320. The maximum atomic E-state index is 12.7. The topological polar surface area (TPSA) is 96.2 Å². The van der Waals surface area contributed by atoms with E-state index in [4.69, 9.17) is 9.26 Å². The molecule has 2 atom stereocenters. The summed E-state index contributed by atoms with van der Waals surface area (Å²) in [6, 6.07) is 1.39. The first-order chi connectivity index (χ1) is 12.4. The summed E-state index contributed by atoms with van der Waals surface area (Å²) in [7, 11) is 3.30. The van der Waals surface area contributed by atoms with Crippen molar-refractivity contribution in [2.45, 2.75) is 30.9 Å². The third kappa shape index (κ3) is 3.07. The van der Waals surface area contributed by atoms with Gasteiger partial charge in [0.15, 0.2) is 5.69 Å². The van der Waals surface area contributed by atoms with E-state index in [9.17, 15) is 14.4 Å². The number of nitrogens with zero attached hydrogens (tertiary/aromatic N) is 4. The quantitative estimate of drug-likeness (QED) is 0.729. The number of likely N-dealkylation sites (N-methyl/N-ethyl adjacent to an activating group) is 1. The van der Waals surface area contributed by atoms with Gasteiger partial charge in [0, 0.05) is 39.2 Å². The van der Waals surface area contributed by atoms with Crippen LogP contribution in [0.15, 0.2) is 10.6 Å². The van der Waals surface area contributed by atoms with Crippen LogP contribution in [-0.4, -0.2) is 90.1 Å². The third-order valence-corrected chi connectivity index (χ3v) is 5.20. The van der Waals surface area contributed by atoms with Gasteiger partial charge >= 0.3 is 0 Å². The zero-order chi connectivity index (χ0) is 18.4. The van der Waals surface area contributed by atoms with Gasteiger partial charge in [0.25, 0.3) is 5.91 Å². The van der Waals surface area contributed by atoms with Crippen molar-refractivity contribution in [3.8, 4) is 0 Å². The molecule has 140 valence electrons. The molecule has 1 saturated carbocycles. The molecule has 0 unspecified atom stereocenters. The molecular weight excluding hydrogens is 340 g/mol. The Bertz CT molecular complexity index is 741. The van der Waals surface area contributed by atoms with Gasteiger partial charge in [-0.3, -0.25) is 14.4 Å². The molecule has 3 heterocycles. The van der Waals surface area contributed by atoms with Gasteiger partial charge in [-0.25, -0.2) is 0 Å². The maximum absolute atomic E-state index is 12.7. The van der Waals surface area contributed by atoms with Gasteiger partial charge < -0.3 is 24.0 Å². The zero-order valence-corrected chi connectivity index (χ0v) is 14.9. The van der Waals surface area contributed by atoms with E-state index in [1.807, 2.05) is 0 Å². The van der Waals surface area contributed by atoms with E-state index in [0.29, 0.717) is 19.0 Å². The average Bonchev–Trinajstić information content (AvgIpc) is 3.19. The Morgan fingerprint density at radius 2 is 2.08 bits per heavy atom. The number of morpholine rings is 1. The lowest BCUT2D eigenvalue weighted by molar-refractivity contribution is -0.156. The molecule has 2 aliphatic heterocycles. The Balaban J connectivity index is 1.46. The van der Waals surface area contributed by atoms with Crippen LogP contribution in [0.2, 0.25) is 0 Å². The summed E-state index contributed by atoms with van der Waals surface area (Å²) in [6.45, 7) is 0.616.